The van der Waals surface area contributed by atoms with Crippen molar-refractivity contribution in [3.8, 4) is 5.75 Å². The summed E-state index contributed by atoms with van der Waals surface area (Å²) >= 11 is 0. The molecule has 0 saturated carbocycles. The zero-order valence-electron chi connectivity index (χ0n) is 41.9. The molecule has 73 heavy (non-hydrogen) atoms. The maximum absolute atomic E-state index is 14.3. The molecular weight excluding hydrogens is 957 g/mol. The Morgan fingerprint density at radius 1 is 0.767 bits per heavy atom. The number of phenolic OH excluding ortho intramolecular Hbond substituents is 1. The summed E-state index contributed by atoms with van der Waals surface area (Å²) in [6.07, 6.45) is -5.01. The van der Waals surface area contributed by atoms with Crippen LogP contribution in [0.25, 0.3) is 0 Å². The number of aliphatic hydroxyl groups excluding tert-OH is 7. The Morgan fingerprint density at radius 3 is 2.05 bits per heavy atom. The molecule has 15 N–H and O–H groups in total. The van der Waals surface area contributed by atoms with Gasteiger partial charge in [-0.1, -0.05) is 77.8 Å². The number of unbranched alkanes of at least 4 members (excludes halogenated alkanes) is 5. The molecule has 3 heterocycles. The summed E-state index contributed by atoms with van der Waals surface area (Å²) in [5.74, 6) is -7.86. The van der Waals surface area contributed by atoms with Crippen LogP contribution in [0, 0.1) is 11.8 Å². The van der Waals surface area contributed by atoms with Crippen LogP contribution in [0.1, 0.15) is 129 Å². The molecule has 8 amide bonds. The van der Waals surface area contributed by atoms with E-state index in [2.05, 4.69) is 47.4 Å². The van der Waals surface area contributed by atoms with Crippen LogP contribution < -0.4 is 32.3 Å². The van der Waals surface area contributed by atoms with Crippen LogP contribution in [0.2, 0.25) is 0 Å². The van der Waals surface area contributed by atoms with Gasteiger partial charge in [-0.25, -0.2) is 0 Å². The first-order chi connectivity index (χ1) is 34.6. The molecule has 3 fully saturated rings. The fourth-order valence-electron chi connectivity index (χ4n) is 9.62. The van der Waals surface area contributed by atoms with Crippen molar-refractivity contribution in [3.05, 3.63) is 29.8 Å². The predicted octanol–water partition coefficient (Wildman–Crippen LogP) is -2.70. The van der Waals surface area contributed by atoms with Gasteiger partial charge in [0.15, 0.2) is 0 Å². The number of amides is 8. The van der Waals surface area contributed by atoms with Gasteiger partial charge in [0, 0.05) is 25.9 Å². The molecule has 410 valence electrons. The molecule has 0 aromatic heterocycles. The zero-order chi connectivity index (χ0) is 54.1. The third-order valence-electron chi connectivity index (χ3n) is 14.0. The van der Waals surface area contributed by atoms with E-state index < -0.39 is 153 Å². The third kappa shape index (κ3) is 17.6. The fraction of sp³-hybridized carbons (Fsp3) is 0.714. The number of aliphatic hydroxyl groups is 7. The summed E-state index contributed by atoms with van der Waals surface area (Å²) in [6, 6.07) is -6.64. The molecule has 24 nitrogen and oxygen atoms in total. The molecule has 14 atom stereocenters. The van der Waals surface area contributed by atoms with Crippen LogP contribution in [-0.4, -0.2) is 185 Å². The average molecular weight is 1040 g/mol. The summed E-state index contributed by atoms with van der Waals surface area (Å²) in [5.41, 5.74) is 5.23. The van der Waals surface area contributed by atoms with E-state index in [4.69, 9.17) is 5.73 Å². The molecule has 0 aliphatic carbocycles. The first kappa shape index (κ1) is 60.1. The second kappa shape index (κ2) is 28.8. The highest BCUT2D eigenvalue weighted by molar-refractivity contribution is 5.98. The first-order valence-corrected chi connectivity index (χ1v) is 25.4. The van der Waals surface area contributed by atoms with Crippen molar-refractivity contribution in [1.82, 2.24) is 36.4 Å². The molecule has 0 spiro atoms. The number of nitrogens with zero attached hydrogens (tertiary/aromatic N) is 2. The minimum atomic E-state index is -2.33. The van der Waals surface area contributed by atoms with E-state index in [1.165, 1.54) is 18.6 Å². The van der Waals surface area contributed by atoms with Crippen molar-refractivity contribution in [2.24, 2.45) is 17.6 Å². The number of carbonyl (C=O) groups is 8. The highest BCUT2D eigenvalue weighted by atomic mass is 16.3. The van der Waals surface area contributed by atoms with Crippen molar-refractivity contribution in [2.45, 2.75) is 190 Å². The molecule has 0 bridgehead atoms. The smallest absolute Gasteiger partial charge is 0.248 e. The SMILES string of the molecule is CCC(C)CC(C)CCCCCCCCC(=O)N[C@H]1CC[C@@H](O)NC(=O)[C@@H]2[C@@H](O)CCN2C(=O)[C@H]([C@H](O)CC(N)=O)NC(=O)[C@H]([C@H](O)[C@@H](O)c2ccc(O)cc2)NC(=O)[C@@H]2C[C@@H](O)CN2C(=O)[C@H](CO)NC1=O. The van der Waals surface area contributed by atoms with E-state index in [1.807, 2.05) is 0 Å². The minimum Gasteiger partial charge on any atom is -0.508 e. The Balaban J connectivity index is 1.64. The third-order valence-corrected chi connectivity index (χ3v) is 14.0. The van der Waals surface area contributed by atoms with Gasteiger partial charge in [-0.3, -0.25) is 38.4 Å². The molecule has 0 radical (unpaired) electrons. The van der Waals surface area contributed by atoms with E-state index in [0.717, 1.165) is 66.9 Å². The Bertz CT molecular complexity index is 2030. The number of primary amides is 1. The van der Waals surface area contributed by atoms with Gasteiger partial charge in [0.1, 0.15) is 60.4 Å². The lowest BCUT2D eigenvalue weighted by Crippen LogP contribution is -2.64. The number of rotatable bonds is 20. The van der Waals surface area contributed by atoms with E-state index >= 15 is 0 Å². The van der Waals surface area contributed by atoms with Crippen LogP contribution in [-0.2, 0) is 38.4 Å². The second-order valence-electron chi connectivity index (χ2n) is 19.9. The number of nitrogens with one attached hydrogen (secondary N) is 5. The number of fused-ring (bicyclic) bond motifs is 2. The number of hydrogen-bond acceptors (Lipinski definition) is 16. The largest absolute Gasteiger partial charge is 0.508 e. The quantitative estimate of drug-likeness (QED) is 0.0591. The van der Waals surface area contributed by atoms with Crippen molar-refractivity contribution >= 4 is 47.3 Å². The monoisotopic (exact) mass is 1030 g/mol. The Labute approximate surface area is 424 Å². The van der Waals surface area contributed by atoms with Crippen molar-refractivity contribution in [2.75, 3.05) is 19.7 Å². The van der Waals surface area contributed by atoms with Gasteiger partial charge in [0.2, 0.25) is 47.3 Å². The van der Waals surface area contributed by atoms with Crippen LogP contribution in [0.4, 0.5) is 0 Å². The molecular formula is C49H78N8O16. The summed E-state index contributed by atoms with van der Waals surface area (Å²) in [6.45, 7) is 4.75. The van der Waals surface area contributed by atoms with E-state index in [1.54, 1.807) is 0 Å². The molecule has 1 aromatic rings. The number of hydrogen-bond donors (Lipinski definition) is 14. The number of phenols is 1. The van der Waals surface area contributed by atoms with Crippen molar-refractivity contribution in [1.29, 1.82) is 0 Å². The molecule has 2 unspecified atom stereocenters. The topological polar surface area (TPSA) is 391 Å². The summed E-state index contributed by atoms with van der Waals surface area (Å²) in [7, 11) is 0. The summed E-state index contributed by atoms with van der Waals surface area (Å²) in [4.78, 5) is 112. The van der Waals surface area contributed by atoms with Gasteiger partial charge in [0.25, 0.3) is 0 Å². The maximum atomic E-state index is 14.3. The van der Waals surface area contributed by atoms with Crippen LogP contribution >= 0.6 is 0 Å². The van der Waals surface area contributed by atoms with Gasteiger partial charge < -0.3 is 83.0 Å². The molecule has 3 aliphatic heterocycles. The van der Waals surface area contributed by atoms with Gasteiger partial charge in [-0.05, 0) is 61.6 Å². The highest BCUT2D eigenvalue weighted by Crippen LogP contribution is 2.26. The van der Waals surface area contributed by atoms with E-state index in [0.29, 0.717) is 18.3 Å². The number of benzene rings is 1. The molecule has 4 rings (SSSR count). The summed E-state index contributed by atoms with van der Waals surface area (Å²) in [5, 5.41) is 98.7. The average Bonchev–Trinajstić information content (AvgIpc) is 3.94. The van der Waals surface area contributed by atoms with Crippen molar-refractivity contribution < 1.29 is 79.2 Å². The van der Waals surface area contributed by atoms with Gasteiger partial charge in [-0.15, -0.1) is 0 Å². The zero-order valence-corrected chi connectivity index (χ0v) is 41.9. The lowest BCUT2D eigenvalue weighted by atomic mass is 9.91. The Kier molecular flexibility index (Phi) is 23.7. The number of nitrogens with two attached hydrogens (primary N) is 1. The van der Waals surface area contributed by atoms with Gasteiger partial charge >= 0.3 is 0 Å². The molecule has 1 aromatic carbocycles. The Hall–Kier alpha value is -5.50. The standard InChI is InChI=1S/C49H78N8O16/c1-4-26(2)21-27(3)11-9-7-5-6-8-10-12-37(64)51-31-17-18-38(65)53-47(71)41-34(61)19-20-56(41)49(73)39(35(62)23-36(50)63)54-46(70)40(43(67)42(66)28-13-15-29(59)16-14-28)55-45(69)33-22-30(60)24-57(33)48(72)32(25-58)52-44(31)68/h13-16,26-27,30-35,38-43,58-62,65-67H,4-12,17-25H2,1-3H3,(H2,50,63)(H,51,64)(H,52,68)(H,53,71)(H,54,70)(H,55,69)/t26?,27?,30-,31+,32+,33+,34+,35-,38-,39+,40+,41+,42+,43+/m1/s1. The number of carbonyl (C=O) groups excluding carboxylic acids is 8. The van der Waals surface area contributed by atoms with Gasteiger partial charge in [-0.2, -0.15) is 0 Å². The first-order valence-electron chi connectivity index (χ1n) is 25.4. The molecule has 24 heteroatoms. The lowest BCUT2D eigenvalue weighted by Gasteiger charge is -2.34. The lowest BCUT2D eigenvalue weighted by molar-refractivity contribution is -0.148. The van der Waals surface area contributed by atoms with Crippen LogP contribution in [0.3, 0.4) is 0 Å². The maximum Gasteiger partial charge on any atom is 0.248 e. The van der Waals surface area contributed by atoms with E-state index in [9.17, 15) is 79.2 Å². The normalized spacial score (nSPS) is 28.0. The van der Waals surface area contributed by atoms with E-state index in [-0.39, 0.29) is 37.1 Å². The predicted molar refractivity (Wildman–Crippen MR) is 260 cm³/mol. The van der Waals surface area contributed by atoms with Crippen LogP contribution in [0.15, 0.2) is 24.3 Å². The molecule has 3 saturated heterocycles. The Morgan fingerprint density at radius 2 is 1.41 bits per heavy atom. The fourth-order valence-corrected chi connectivity index (χ4v) is 9.62. The van der Waals surface area contributed by atoms with Crippen molar-refractivity contribution in [3.63, 3.8) is 0 Å². The summed E-state index contributed by atoms with van der Waals surface area (Å²) < 4.78 is 0. The van der Waals surface area contributed by atoms with Gasteiger partial charge in [0.05, 0.1) is 31.3 Å². The minimum absolute atomic E-state index is 0.0113. The molecule has 3 aliphatic rings. The van der Waals surface area contributed by atoms with Crippen LogP contribution in [0.5, 0.6) is 5.75 Å². The number of aromatic hydroxyl groups is 1. The second-order valence-corrected chi connectivity index (χ2v) is 19.9. The highest BCUT2D eigenvalue weighted by Gasteiger charge is 2.48.